The summed E-state index contributed by atoms with van der Waals surface area (Å²) in [7, 11) is 0. The van der Waals surface area contributed by atoms with Gasteiger partial charge in [0.25, 0.3) is 5.91 Å². The molecule has 0 saturated heterocycles. The lowest BCUT2D eigenvalue weighted by Crippen LogP contribution is -2.47. The number of carbonyl (C=O) groups excluding carboxylic acids is 2. The molecular formula is C24H16Cl3F11N2O2. The molecule has 0 aliphatic rings. The van der Waals surface area contributed by atoms with Gasteiger partial charge in [-0.3, -0.25) is 9.59 Å². The molecule has 18 heteroatoms. The number of hydrogen-bond donors (Lipinski definition) is 2. The molecule has 0 saturated carbocycles. The normalized spacial score (nSPS) is 14.5. The minimum absolute atomic E-state index is 0.254. The lowest BCUT2D eigenvalue weighted by atomic mass is 9.90. The molecule has 2 unspecified atom stereocenters. The lowest BCUT2D eigenvalue weighted by Gasteiger charge is -2.27. The summed E-state index contributed by atoms with van der Waals surface area (Å²) in [5.74, 6) is -11.2. The van der Waals surface area contributed by atoms with E-state index in [0.717, 1.165) is 13.0 Å². The van der Waals surface area contributed by atoms with Crippen molar-refractivity contribution in [2.24, 2.45) is 0 Å². The predicted octanol–water partition coefficient (Wildman–Crippen LogP) is 8.46. The van der Waals surface area contributed by atoms with Crippen LogP contribution >= 0.6 is 34.8 Å². The van der Waals surface area contributed by atoms with Crippen LogP contribution in [0.15, 0.2) is 36.4 Å². The molecule has 2 N–H and O–H groups in total. The number of alkyl halides is 11. The van der Waals surface area contributed by atoms with Crippen LogP contribution < -0.4 is 10.6 Å². The van der Waals surface area contributed by atoms with Crippen LogP contribution in [-0.4, -0.2) is 42.7 Å². The van der Waals surface area contributed by atoms with Crippen LogP contribution in [0.5, 0.6) is 0 Å². The molecule has 0 aliphatic heterocycles. The fourth-order valence-electron chi connectivity index (χ4n) is 3.36. The third kappa shape index (κ3) is 8.86. The van der Waals surface area contributed by atoms with E-state index in [1.807, 2.05) is 0 Å². The zero-order valence-electron chi connectivity index (χ0n) is 20.5. The van der Waals surface area contributed by atoms with E-state index < -0.39 is 87.1 Å². The second-order valence-corrected chi connectivity index (χ2v) is 9.78. The Morgan fingerprint density at radius 1 is 0.881 bits per heavy atom. The minimum atomic E-state index is -6.12. The number of halogens is 14. The molecule has 2 aromatic carbocycles. The van der Waals surface area contributed by atoms with Crippen molar-refractivity contribution in [2.45, 2.75) is 43.3 Å². The van der Waals surface area contributed by atoms with Gasteiger partial charge in [-0.25, -0.2) is 0 Å². The maximum atomic E-state index is 14.5. The van der Waals surface area contributed by atoms with Gasteiger partial charge in [0.2, 0.25) is 5.91 Å². The van der Waals surface area contributed by atoms with Gasteiger partial charge in [0.05, 0.1) is 32.1 Å². The lowest BCUT2D eigenvalue weighted by molar-refractivity contribution is -0.286. The van der Waals surface area contributed by atoms with E-state index in [4.69, 9.17) is 34.8 Å². The minimum Gasteiger partial charge on any atom is -0.345 e. The highest BCUT2D eigenvalue weighted by Crippen LogP contribution is 2.48. The Labute approximate surface area is 244 Å². The smallest absolute Gasteiger partial charge is 0.345 e. The van der Waals surface area contributed by atoms with E-state index in [1.54, 1.807) is 5.32 Å². The fourth-order valence-corrected chi connectivity index (χ4v) is 3.97. The van der Waals surface area contributed by atoms with E-state index in [9.17, 15) is 57.9 Å². The average molecular weight is 680 g/mol. The van der Waals surface area contributed by atoms with Gasteiger partial charge in [0.1, 0.15) is 12.6 Å². The topological polar surface area (TPSA) is 58.2 Å². The van der Waals surface area contributed by atoms with Crippen molar-refractivity contribution in [3.8, 4) is 0 Å². The Bertz CT molecular complexity index is 1330. The first kappa shape index (κ1) is 35.4. The molecule has 0 heterocycles. The van der Waals surface area contributed by atoms with Gasteiger partial charge in [-0.05, 0) is 42.3 Å². The SMILES string of the molecule is CC(NC(=O)c1ccc(/C=C/C(c2cc(Cl)c(Cl)c(Cl)c2)C(F)(F)C(F)(F)F)cc1C(F)(F)F)C(=O)NCC(F)(F)F. The standard InChI is InChI=1S/C24H16Cl3F11N2O2/c1-10(19(41)39-9-21(28,29)30)40-20(42)13-4-2-11(6-15(13)23(33,34)35)3-5-14(22(31,32)24(36,37)38)12-7-16(25)18(27)17(26)8-12/h2-8,10,14H,9H2,1H3,(H,39,41)(H,40,42)/b5-3+. The van der Waals surface area contributed by atoms with E-state index in [0.29, 0.717) is 24.3 Å². The van der Waals surface area contributed by atoms with E-state index in [2.05, 4.69) is 0 Å². The fraction of sp³-hybridized carbons (Fsp3) is 0.333. The van der Waals surface area contributed by atoms with Crippen LogP contribution in [0.25, 0.3) is 6.08 Å². The van der Waals surface area contributed by atoms with Gasteiger partial charge in [-0.1, -0.05) is 53.0 Å². The highest BCUT2D eigenvalue weighted by atomic mass is 35.5. The molecule has 2 rings (SSSR count). The molecule has 0 aliphatic carbocycles. The van der Waals surface area contributed by atoms with E-state index in [1.165, 1.54) is 5.32 Å². The molecule has 4 nitrogen and oxygen atoms in total. The Balaban J connectivity index is 2.48. The van der Waals surface area contributed by atoms with Crippen LogP contribution in [0.2, 0.25) is 15.1 Å². The van der Waals surface area contributed by atoms with Crippen molar-refractivity contribution < 1.29 is 57.9 Å². The number of rotatable bonds is 8. The molecular weight excluding hydrogens is 664 g/mol. The second-order valence-electron chi connectivity index (χ2n) is 8.59. The van der Waals surface area contributed by atoms with Gasteiger partial charge in [0.15, 0.2) is 0 Å². The maximum Gasteiger partial charge on any atom is 0.454 e. The Morgan fingerprint density at radius 3 is 1.90 bits per heavy atom. The van der Waals surface area contributed by atoms with Crippen molar-refractivity contribution in [2.75, 3.05) is 6.54 Å². The number of carbonyl (C=O) groups is 2. The zero-order valence-corrected chi connectivity index (χ0v) is 22.8. The third-order valence-corrected chi connectivity index (χ3v) is 6.61. The molecule has 0 fully saturated rings. The van der Waals surface area contributed by atoms with Gasteiger partial charge < -0.3 is 10.6 Å². The van der Waals surface area contributed by atoms with E-state index in [-0.39, 0.29) is 17.2 Å². The summed E-state index contributed by atoms with van der Waals surface area (Å²) in [6, 6.07) is 1.18. The molecule has 2 amide bonds. The molecule has 0 spiro atoms. The molecule has 42 heavy (non-hydrogen) atoms. The quantitative estimate of drug-likeness (QED) is 0.217. The van der Waals surface area contributed by atoms with Crippen molar-refractivity contribution in [3.63, 3.8) is 0 Å². The largest absolute Gasteiger partial charge is 0.454 e. The van der Waals surface area contributed by atoms with Crippen LogP contribution in [0.4, 0.5) is 48.3 Å². The number of benzene rings is 2. The first-order chi connectivity index (χ1) is 19.0. The van der Waals surface area contributed by atoms with Gasteiger partial charge in [-0.15, -0.1) is 0 Å². The third-order valence-electron chi connectivity index (χ3n) is 5.41. The number of nitrogens with one attached hydrogen (secondary N) is 2. The maximum absolute atomic E-state index is 14.5. The first-order valence-electron chi connectivity index (χ1n) is 11.1. The Morgan fingerprint density at radius 2 is 1.43 bits per heavy atom. The average Bonchev–Trinajstić information content (AvgIpc) is 2.83. The van der Waals surface area contributed by atoms with Crippen LogP contribution in [-0.2, 0) is 11.0 Å². The molecule has 0 radical (unpaired) electrons. The molecule has 232 valence electrons. The van der Waals surface area contributed by atoms with Crippen LogP contribution in [0, 0.1) is 0 Å². The molecule has 2 aromatic rings. The Kier molecular flexibility index (Phi) is 10.8. The van der Waals surface area contributed by atoms with E-state index >= 15 is 0 Å². The molecule has 2 atom stereocenters. The molecule has 0 aromatic heterocycles. The van der Waals surface area contributed by atoms with Gasteiger partial charge in [-0.2, -0.15) is 48.3 Å². The first-order valence-corrected chi connectivity index (χ1v) is 12.2. The predicted molar refractivity (Wildman–Crippen MR) is 132 cm³/mol. The van der Waals surface area contributed by atoms with Gasteiger partial charge >= 0.3 is 24.5 Å². The summed E-state index contributed by atoms with van der Waals surface area (Å²) < 4.78 is 147. The molecule has 0 bridgehead atoms. The van der Waals surface area contributed by atoms with Crippen LogP contribution in [0.3, 0.4) is 0 Å². The highest BCUT2D eigenvalue weighted by molar-refractivity contribution is 6.48. The summed E-state index contributed by atoms with van der Waals surface area (Å²) in [5, 5.41) is 1.91. The van der Waals surface area contributed by atoms with Crippen molar-refractivity contribution >= 4 is 52.7 Å². The number of amides is 2. The van der Waals surface area contributed by atoms with Crippen LogP contribution in [0.1, 0.15) is 39.9 Å². The zero-order chi connectivity index (χ0) is 32.4. The van der Waals surface area contributed by atoms with Crippen molar-refractivity contribution in [1.29, 1.82) is 0 Å². The number of allylic oxidation sites excluding steroid dienone is 1. The Hall–Kier alpha value is -2.78. The summed E-state index contributed by atoms with van der Waals surface area (Å²) in [4.78, 5) is 24.2. The summed E-state index contributed by atoms with van der Waals surface area (Å²) in [6.45, 7) is -0.881. The summed E-state index contributed by atoms with van der Waals surface area (Å²) in [6.07, 6.45) is -15.5. The highest BCUT2D eigenvalue weighted by Gasteiger charge is 2.62. The summed E-state index contributed by atoms with van der Waals surface area (Å²) >= 11 is 17.2. The van der Waals surface area contributed by atoms with Crippen molar-refractivity contribution in [1.82, 2.24) is 10.6 Å². The van der Waals surface area contributed by atoms with Crippen molar-refractivity contribution in [3.05, 3.63) is 73.7 Å². The van der Waals surface area contributed by atoms with Gasteiger partial charge in [0, 0.05) is 0 Å². The number of hydrogen-bond acceptors (Lipinski definition) is 2. The second kappa shape index (κ2) is 12.8. The monoisotopic (exact) mass is 678 g/mol. The summed E-state index contributed by atoms with van der Waals surface area (Å²) in [5.41, 5.74) is -4.17.